The Morgan fingerprint density at radius 2 is 1.74 bits per heavy atom. The first-order valence-corrected chi connectivity index (χ1v) is 8.75. The lowest BCUT2D eigenvalue weighted by molar-refractivity contribution is 0.306. The van der Waals surface area contributed by atoms with Crippen molar-refractivity contribution in [2.24, 2.45) is 0 Å². The first kappa shape index (κ1) is 16.1. The van der Waals surface area contributed by atoms with Gasteiger partial charge in [0.05, 0.1) is 0 Å². The highest BCUT2D eigenvalue weighted by atomic mass is 35.5. The quantitative estimate of drug-likeness (QED) is 0.631. The van der Waals surface area contributed by atoms with Crippen LogP contribution in [-0.2, 0) is 19.7 Å². The molecule has 0 atom stereocenters. The van der Waals surface area contributed by atoms with Gasteiger partial charge in [0.25, 0.3) is 0 Å². The molecule has 2 nitrogen and oxygen atoms in total. The van der Waals surface area contributed by atoms with E-state index in [0.29, 0.717) is 6.61 Å². The number of thiophene rings is 1. The molecule has 4 heteroatoms. The first-order valence-electron chi connectivity index (χ1n) is 7.49. The average Bonchev–Trinajstić information content (AvgIpc) is 3.09. The van der Waals surface area contributed by atoms with E-state index in [1.165, 1.54) is 10.4 Å². The topological polar surface area (TPSA) is 21.3 Å². The third kappa shape index (κ3) is 4.83. The van der Waals surface area contributed by atoms with Gasteiger partial charge in [0.1, 0.15) is 12.4 Å². The number of benzene rings is 2. The SMILES string of the molecule is Clc1ccccc1COc1ccc(CNCc2cccs2)cc1. The van der Waals surface area contributed by atoms with Gasteiger partial charge in [-0.15, -0.1) is 11.3 Å². The van der Waals surface area contributed by atoms with Gasteiger partial charge in [-0.1, -0.05) is 48.0 Å². The van der Waals surface area contributed by atoms with E-state index in [1.807, 2.05) is 36.4 Å². The van der Waals surface area contributed by atoms with Crippen molar-refractivity contribution in [2.75, 3.05) is 0 Å². The Hall–Kier alpha value is -1.81. The predicted octanol–water partition coefficient (Wildman–Crippen LogP) is 5.27. The summed E-state index contributed by atoms with van der Waals surface area (Å²) in [4.78, 5) is 1.35. The molecule has 0 unspecified atom stereocenters. The Labute approximate surface area is 145 Å². The van der Waals surface area contributed by atoms with Crippen molar-refractivity contribution in [2.45, 2.75) is 19.7 Å². The van der Waals surface area contributed by atoms with Crippen molar-refractivity contribution in [1.82, 2.24) is 5.32 Å². The number of hydrogen-bond acceptors (Lipinski definition) is 3. The highest BCUT2D eigenvalue weighted by molar-refractivity contribution is 7.09. The summed E-state index contributed by atoms with van der Waals surface area (Å²) >= 11 is 7.90. The standard InChI is InChI=1S/C19H18ClNOS/c20-19-6-2-1-4-16(19)14-22-17-9-7-15(8-10-17)12-21-13-18-5-3-11-23-18/h1-11,21H,12-14H2. The van der Waals surface area contributed by atoms with E-state index < -0.39 is 0 Å². The second kappa shape index (κ2) is 8.16. The van der Waals surface area contributed by atoms with E-state index >= 15 is 0 Å². The van der Waals surface area contributed by atoms with E-state index in [2.05, 4.69) is 35.0 Å². The Kier molecular flexibility index (Phi) is 5.70. The fourth-order valence-corrected chi connectivity index (χ4v) is 3.09. The van der Waals surface area contributed by atoms with Gasteiger partial charge < -0.3 is 10.1 Å². The van der Waals surface area contributed by atoms with Crippen LogP contribution in [0.25, 0.3) is 0 Å². The zero-order valence-corrected chi connectivity index (χ0v) is 14.2. The molecule has 0 bridgehead atoms. The number of nitrogens with one attached hydrogen (secondary N) is 1. The van der Waals surface area contributed by atoms with E-state index in [-0.39, 0.29) is 0 Å². The van der Waals surface area contributed by atoms with E-state index in [9.17, 15) is 0 Å². The highest BCUT2D eigenvalue weighted by Crippen LogP contribution is 2.19. The van der Waals surface area contributed by atoms with E-state index in [4.69, 9.17) is 16.3 Å². The molecule has 1 heterocycles. The molecule has 0 spiro atoms. The Morgan fingerprint density at radius 3 is 2.48 bits per heavy atom. The minimum atomic E-state index is 0.482. The molecule has 3 aromatic rings. The zero-order chi connectivity index (χ0) is 15.9. The van der Waals surface area contributed by atoms with Crippen LogP contribution in [0.3, 0.4) is 0 Å². The molecule has 0 amide bonds. The molecule has 0 aliphatic heterocycles. The minimum Gasteiger partial charge on any atom is -0.489 e. The predicted molar refractivity (Wildman–Crippen MR) is 97.1 cm³/mol. The van der Waals surface area contributed by atoms with Crippen LogP contribution in [0.4, 0.5) is 0 Å². The maximum atomic E-state index is 6.13. The molecule has 0 radical (unpaired) electrons. The molecular formula is C19H18ClNOS. The van der Waals surface area contributed by atoms with Crippen LogP contribution in [0.2, 0.25) is 5.02 Å². The van der Waals surface area contributed by atoms with E-state index in [1.54, 1.807) is 11.3 Å². The summed E-state index contributed by atoms with van der Waals surface area (Å²) in [5.41, 5.74) is 2.24. The molecule has 2 aromatic carbocycles. The van der Waals surface area contributed by atoms with Crippen LogP contribution in [-0.4, -0.2) is 0 Å². The molecule has 1 aromatic heterocycles. The van der Waals surface area contributed by atoms with Crippen molar-refractivity contribution in [1.29, 1.82) is 0 Å². The lowest BCUT2D eigenvalue weighted by Gasteiger charge is -2.09. The Balaban J connectivity index is 1.48. The van der Waals surface area contributed by atoms with Crippen LogP contribution in [0.1, 0.15) is 16.0 Å². The smallest absolute Gasteiger partial charge is 0.119 e. The Morgan fingerprint density at radius 1 is 0.913 bits per heavy atom. The highest BCUT2D eigenvalue weighted by Gasteiger charge is 2.01. The molecule has 0 aliphatic rings. The monoisotopic (exact) mass is 343 g/mol. The number of hydrogen-bond donors (Lipinski definition) is 1. The molecule has 118 valence electrons. The normalized spacial score (nSPS) is 10.7. The fraction of sp³-hybridized carbons (Fsp3) is 0.158. The van der Waals surface area contributed by atoms with Gasteiger partial charge in [0.2, 0.25) is 0 Å². The summed E-state index contributed by atoms with van der Waals surface area (Å²) in [6, 6.07) is 20.1. The zero-order valence-electron chi connectivity index (χ0n) is 12.7. The summed E-state index contributed by atoms with van der Waals surface area (Å²) < 4.78 is 5.79. The molecule has 23 heavy (non-hydrogen) atoms. The van der Waals surface area contributed by atoms with Crippen molar-refractivity contribution < 1.29 is 4.74 Å². The maximum Gasteiger partial charge on any atom is 0.119 e. The molecule has 0 fully saturated rings. The molecule has 0 aliphatic carbocycles. The van der Waals surface area contributed by atoms with Crippen LogP contribution in [0.5, 0.6) is 5.75 Å². The summed E-state index contributed by atoms with van der Waals surface area (Å²) in [5, 5.41) is 6.28. The largest absolute Gasteiger partial charge is 0.489 e. The summed E-state index contributed by atoms with van der Waals surface area (Å²) in [6.45, 7) is 2.24. The van der Waals surface area contributed by atoms with Gasteiger partial charge in [-0.3, -0.25) is 0 Å². The Bertz CT molecular complexity index is 725. The van der Waals surface area contributed by atoms with Crippen LogP contribution in [0, 0.1) is 0 Å². The summed E-state index contributed by atoms with van der Waals surface area (Å²) in [7, 11) is 0. The van der Waals surface area contributed by atoms with Gasteiger partial charge >= 0.3 is 0 Å². The van der Waals surface area contributed by atoms with Gasteiger partial charge in [0, 0.05) is 28.6 Å². The third-order valence-electron chi connectivity index (χ3n) is 3.48. The second-order valence-electron chi connectivity index (χ2n) is 5.21. The van der Waals surface area contributed by atoms with Crippen LogP contribution < -0.4 is 10.1 Å². The molecule has 0 saturated carbocycles. The van der Waals surface area contributed by atoms with Crippen molar-refractivity contribution >= 4 is 22.9 Å². The molecule has 3 rings (SSSR count). The maximum absolute atomic E-state index is 6.13. The van der Waals surface area contributed by atoms with Gasteiger partial charge in [0.15, 0.2) is 0 Å². The van der Waals surface area contributed by atoms with Crippen LogP contribution in [0.15, 0.2) is 66.0 Å². The third-order valence-corrected chi connectivity index (χ3v) is 4.73. The summed E-state index contributed by atoms with van der Waals surface area (Å²) in [5.74, 6) is 0.854. The van der Waals surface area contributed by atoms with Crippen molar-refractivity contribution in [3.8, 4) is 5.75 Å². The second-order valence-corrected chi connectivity index (χ2v) is 6.65. The first-order chi connectivity index (χ1) is 11.3. The van der Waals surface area contributed by atoms with Crippen molar-refractivity contribution in [3.05, 3.63) is 87.1 Å². The average molecular weight is 344 g/mol. The van der Waals surface area contributed by atoms with Crippen molar-refractivity contribution in [3.63, 3.8) is 0 Å². The minimum absolute atomic E-state index is 0.482. The van der Waals surface area contributed by atoms with Gasteiger partial charge in [-0.25, -0.2) is 0 Å². The number of rotatable bonds is 7. The molecule has 0 saturated heterocycles. The van der Waals surface area contributed by atoms with E-state index in [0.717, 1.165) is 29.4 Å². The fourth-order valence-electron chi connectivity index (χ4n) is 2.22. The van der Waals surface area contributed by atoms with Gasteiger partial charge in [-0.05, 0) is 35.2 Å². The molecular weight excluding hydrogens is 326 g/mol. The van der Waals surface area contributed by atoms with Crippen LogP contribution >= 0.6 is 22.9 Å². The lowest BCUT2D eigenvalue weighted by atomic mass is 10.2. The van der Waals surface area contributed by atoms with Gasteiger partial charge in [-0.2, -0.15) is 0 Å². The number of ether oxygens (including phenoxy) is 1. The summed E-state index contributed by atoms with van der Waals surface area (Å²) in [6.07, 6.45) is 0. The molecule has 1 N–H and O–H groups in total. The lowest BCUT2D eigenvalue weighted by Crippen LogP contribution is -2.11. The number of halogens is 1.